The lowest BCUT2D eigenvalue weighted by molar-refractivity contribution is 0.390. The summed E-state index contributed by atoms with van der Waals surface area (Å²) in [5.74, 6) is 0. The molecule has 0 heterocycles. The molecule has 0 aliphatic heterocycles. The average molecular weight is 165 g/mol. The van der Waals surface area contributed by atoms with Gasteiger partial charge in [-0.15, -0.1) is 0 Å². The summed E-state index contributed by atoms with van der Waals surface area (Å²) in [6.45, 7) is 3.72. The van der Waals surface area contributed by atoms with E-state index in [4.69, 9.17) is 0 Å². The summed E-state index contributed by atoms with van der Waals surface area (Å²) in [7, 11) is 4.04. The van der Waals surface area contributed by atoms with E-state index in [1.54, 1.807) is 0 Å². The van der Waals surface area contributed by atoms with Crippen molar-refractivity contribution in [2.45, 2.75) is 11.4 Å². The fourth-order valence-corrected chi connectivity index (χ4v) is 0.258. The zero-order valence-electron chi connectivity index (χ0n) is 4.82. The van der Waals surface area contributed by atoms with Crippen molar-refractivity contribution in [3.05, 3.63) is 6.92 Å². The molecule has 0 bridgehead atoms. The minimum atomic E-state index is 0.437. The normalized spacial score (nSPS) is 15.0. The number of alkyl halides is 1. The number of hydrogen-bond donors (Lipinski definition) is 0. The Kier molecular flexibility index (Phi) is 3.66. The van der Waals surface area contributed by atoms with E-state index in [-0.39, 0.29) is 0 Å². The smallest absolute Gasteiger partial charge is 0.0650 e. The lowest BCUT2D eigenvalue weighted by Crippen LogP contribution is -2.20. The van der Waals surface area contributed by atoms with E-state index in [9.17, 15) is 0 Å². The monoisotopic (exact) mass is 164 g/mol. The molecule has 0 aromatic carbocycles. The Bertz CT molecular complexity index is 45.3. The van der Waals surface area contributed by atoms with Crippen LogP contribution in [0.15, 0.2) is 0 Å². The maximum Gasteiger partial charge on any atom is 0.0650 e. The van der Waals surface area contributed by atoms with Crippen LogP contribution in [0.3, 0.4) is 0 Å². The second-order valence-electron chi connectivity index (χ2n) is 1.69. The zero-order valence-corrected chi connectivity index (χ0v) is 6.40. The van der Waals surface area contributed by atoms with Gasteiger partial charge in [0.25, 0.3) is 0 Å². The summed E-state index contributed by atoms with van der Waals surface area (Å²) in [5.41, 5.74) is 0. The van der Waals surface area contributed by atoms with Gasteiger partial charge in [-0.1, -0.05) is 22.9 Å². The van der Waals surface area contributed by atoms with Crippen molar-refractivity contribution in [2.24, 2.45) is 0 Å². The van der Waals surface area contributed by atoms with Gasteiger partial charge in [-0.05, 0) is 20.5 Å². The molecule has 0 amide bonds. The molecule has 1 nitrogen and oxygen atoms in total. The number of nitrogens with zero attached hydrogens (tertiary/aromatic N) is 1. The van der Waals surface area contributed by atoms with Crippen LogP contribution in [-0.4, -0.2) is 23.9 Å². The Hall–Kier alpha value is 0.440. The first-order valence-corrected chi connectivity index (χ1v) is 3.19. The second kappa shape index (κ2) is 3.44. The molecular formula is C5H11BrN. The molecule has 0 aromatic rings. The molecular weight excluding hydrogens is 154 g/mol. The molecule has 0 aliphatic carbocycles. The summed E-state index contributed by atoms with van der Waals surface area (Å²) in [6, 6.07) is 0. The highest BCUT2D eigenvalue weighted by molar-refractivity contribution is 9.09. The van der Waals surface area contributed by atoms with Gasteiger partial charge in [0.1, 0.15) is 0 Å². The lowest BCUT2D eigenvalue weighted by Gasteiger charge is -2.14. The van der Waals surface area contributed by atoms with Gasteiger partial charge < -0.3 is 0 Å². The van der Waals surface area contributed by atoms with Crippen molar-refractivity contribution in [3.8, 4) is 0 Å². The summed E-state index contributed by atoms with van der Waals surface area (Å²) < 4.78 is 0. The molecule has 43 valence electrons. The van der Waals surface area contributed by atoms with Gasteiger partial charge in [0.05, 0.1) is 4.95 Å². The summed E-state index contributed by atoms with van der Waals surface area (Å²) in [4.78, 5) is 2.51. The number of hydrogen-bond acceptors (Lipinski definition) is 1. The van der Waals surface area contributed by atoms with Crippen LogP contribution in [0.4, 0.5) is 0 Å². The second-order valence-corrected chi connectivity index (χ2v) is 2.74. The van der Waals surface area contributed by atoms with Gasteiger partial charge in [-0.2, -0.15) is 0 Å². The third-order valence-electron chi connectivity index (χ3n) is 0.799. The van der Waals surface area contributed by atoms with Gasteiger partial charge in [-0.25, -0.2) is 0 Å². The SMILES string of the molecule is [CH2]CC(Br)N(C)C. The van der Waals surface area contributed by atoms with E-state index in [1.165, 1.54) is 0 Å². The van der Waals surface area contributed by atoms with Crippen LogP contribution in [0.1, 0.15) is 6.42 Å². The highest BCUT2D eigenvalue weighted by Crippen LogP contribution is 2.04. The van der Waals surface area contributed by atoms with Crippen molar-refractivity contribution in [1.29, 1.82) is 0 Å². The van der Waals surface area contributed by atoms with Crippen LogP contribution in [0.25, 0.3) is 0 Å². The van der Waals surface area contributed by atoms with E-state index in [2.05, 4.69) is 27.8 Å². The average Bonchev–Trinajstić information content (AvgIpc) is 1.65. The first-order chi connectivity index (χ1) is 3.18. The van der Waals surface area contributed by atoms with Crippen LogP contribution >= 0.6 is 15.9 Å². The summed E-state index contributed by atoms with van der Waals surface area (Å²) in [5, 5.41) is 0. The predicted molar refractivity (Wildman–Crippen MR) is 36.4 cm³/mol. The van der Waals surface area contributed by atoms with E-state index in [0.717, 1.165) is 6.42 Å². The zero-order chi connectivity index (χ0) is 5.86. The molecule has 7 heavy (non-hydrogen) atoms. The Morgan fingerprint density at radius 3 is 2.14 bits per heavy atom. The van der Waals surface area contributed by atoms with Crippen LogP contribution in [0, 0.1) is 6.92 Å². The quantitative estimate of drug-likeness (QED) is 0.442. The molecule has 0 aromatic heterocycles. The Morgan fingerprint density at radius 1 is 1.71 bits per heavy atom. The Balaban J connectivity index is 3.14. The molecule has 1 atom stereocenters. The molecule has 2 heteroatoms. The fraction of sp³-hybridized carbons (Fsp3) is 0.800. The standard InChI is InChI=1S/C5H11BrN/c1-4-5(6)7(2)3/h5H,1,4H2,2-3H3. The van der Waals surface area contributed by atoms with Crippen molar-refractivity contribution in [3.63, 3.8) is 0 Å². The molecule has 0 aliphatic rings. The van der Waals surface area contributed by atoms with E-state index >= 15 is 0 Å². The molecule has 0 saturated carbocycles. The maximum atomic E-state index is 3.72. The van der Waals surface area contributed by atoms with Gasteiger partial charge in [-0.3, -0.25) is 4.90 Å². The van der Waals surface area contributed by atoms with Crippen molar-refractivity contribution < 1.29 is 0 Å². The van der Waals surface area contributed by atoms with Gasteiger partial charge >= 0.3 is 0 Å². The van der Waals surface area contributed by atoms with Crippen LogP contribution in [0.2, 0.25) is 0 Å². The first kappa shape index (κ1) is 7.44. The molecule has 0 fully saturated rings. The third-order valence-corrected chi connectivity index (χ3v) is 2.08. The summed E-state index contributed by atoms with van der Waals surface area (Å²) >= 11 is 3.40. The molecule has 0 saturated heterocycles. The van der Waals surface area contributed by atoms with Gasteiger partial charge in [0, 0.05) is 0 Å². The molecule has 0 rings (SSSR count). The number of halogens is 1. The Labute approximate surface area is 53.8 Å². The van der Waals surface area contributed by atoms with Crippen molar-refractivity contribution in [1.82, 2.24) is 4.90 Å². The molecule has 0 spiro atoms. The van der Waals surface area contributed by atoms with Crippen molar-refractivity contribution in [2.75, 3.05) is 14.1 Å². The van der Waals surface area contributed by atoms with E-state index in [0.29, 0.717) is 4.95 Å². The highest BCUT2D eigenvalue weighted by Gasteiger charge is 1.99. The minimum absolute atomic E-state index is 0.437. The molecule has 1 unspecified atom stereocenters. The van der Waals surface area contributed by atoms with E-state index < -0.39 is 0 Å². The first-order valence-electron chi connectivity index (χ1n) is 2.28. The van der Waals surface area contributed by atoms with Gasteiger partial charge in [0.2, 0.25) is 0 Å². The fourth-order valence-electron chi connectivity index (χ4n) is 0.258. The van der Waals surface area contributed by atoms with Crippen LogP contribution < -0.4 is 0 Å². The maximum absolute atomic E-state index is 3.72. The van der Waals surface area contributed by atoms with Gasteiger partial charge in [0.15, 0.2) is 0 Å². The predicted octanol–water partition coefficient (Wildman–Crippen LogP) is 1.49. The molecule has 0 N–H and O–H groups in total. The highest BCUT2D eigenvalue weighted by atomic mass is 79.9. The topological polar surface area (TPSA) is 3.24 Å². The minimum Gasteiger partial charge on any atom is -0.297 e. The van der Waals surface area contributed by atoms with Crippen LogP contribution in [-0.2, 0) is 0 Å². The van der Waals surface area contributed by atoms with Crippen LogP contribution in [0.5, 0.6) is 0 Å². The largest absolute Gasteiger partial charge is 0.297 e. The van der Waals surface area contributed by atoms with Crippen molar-refractivity contribution >= 4 is 15.9 Å². The Morgan fingerprint density at radius 2 is 2.14 bits per heavy atom. The lowest BCUT2D eigenvalue weighted by atomic mass is 10.5. The number of rotatable bonds is 2. The summed E-state index contributed by atoms with van der Waals surface area (Å²) in [6.07, 6.45) is 0.910. The third kappa shape index (κ3) is 3.06. The van der Waals surface area contributed by atoms with E-state index in [1.807, 2.05) is 14.1 Å². The molecule has 1 radical (unpaired) electrons.